The van der Waals surface area contributed by atoms with Gasteiger partial charge in [-0.1, -0.05) is 10.4 Å². The molecule has 1 saturated heterocycles. The average molecular weight is 478 g/mol. The highest BCUT2D eigenvalue weighted by molar-refractivity contribution is 6.25. The van der Waals surface area contributed by atoms with E-state index >= 15 is 0 Å². The van der Waals surface area contributed by atoms with E-state index in [4.69, 9.17) is 18.7 Å². The van der Waals surface area contributed by atoms with Gasteiger partial charge < -0.3 is 18.7 Å². The molecule has 3 aromatic rings. The first-order valence-electron chi connectivity index (χ1n) is 10.9. The number of methoxy groups -OCH3 is 2. The molecule has 0 saturated carbocycles. The molecular weight excluding hydrogens is 456 g/mol. The summed E-state index contributed by atoms with van der Waals surface area (Å²) >= 11 is 0. The van der Waals surface area contributed by atoms with Crippen molar-refractivity contribution in [2.24, 2.45) is 10.3 Å². The van der Waals surface area contributed by atoms with Gasteiger partial charge in [-0.3, -0.25) is 14.6 Å². The van der Waals surface area contributed by atoms with E-state index in [1.807, 2.05) is 6.92 Å². The van der Waals surface area contributed by atoms with Crippen LogP contribution in [0, 0.1) is 0 Å². The Morgan fingerprint density at radius 3 is 2.49 bits per heavy atom. The molecule has 5 rings (SSSR count). The SMILES string of the molecule is CCOc1ccc(N2C(=O)[C@@H]3[C@@H](N=NN3Cc3nc(-c4ccc(OC)c(OC)c4)no3)C2=O)cc1. The Bertz CT molecular complexity index is 1290. The lowest BCUT2D eigenvalue weighted by Crippen LogP contribution is -2.39. The molecular formula is C23H22N6O6. The number of imide groups is 1. The summed E-state index contributed by atoms with van der Waals surface area (Å²) in [4.78, 5) is 31.6. The zero-order chi connectivity index (χ0) is 24.5. The minimum atomic E-state index is -0.928. The number of benzene rings is 2. The number of carbonyl (C=O) groups is 2. The number of nitrogens with zero attached hydrogens (tertiary/aromatic N) is 6. The summed E-state index contributed by atoms with van der Waals surface area (Å²) in [6.45, 7) is 2.41. The number of rotatable bonds is 8. The molecule has 2 aromatic carbocycles. The molecule has 12 nitrogen and oxygen atoms in total. The molecule has 12 heteroatoms. The molecule has 0 N–H and O–H groups in total. The highest BCUT2D eigenvalue weighted by atomic mass is 16.5. The Kier molecular flexibility index (Phi) is 5.77. The minimum Gasteiger partial charge on any atom is -0.494 e. The summed E-state index contributed by atoms with van der Waals surface area (Å²) < 4.78 is 21.4. The normalized spacial score (nSPS) is 18.8. The zero-order valence-corrected chi connectivity index (χ0v) is 19.2. The van der Waals surface area contributed by atoms with Gasteiger partial charge in [-0.15, -0.1) is 0 Å². The number of anilines is 1. The zero-order valence-electron chi connectivity index (χ0n) is 19.2. The molecule has 2 aliphatic rings. The average Bonchev–Trinajstić information content (AvgIpc) is 3.57. The van der Waals surface area contributed by atoms with Crippen LogP contribution in [0.4, 0.5) is 5.69 Å². The maximum absolute atomic E-state index is 13.2. The van der Waals surface area contributed by atoms with Crippen molar-refractivity contribution < 1.29 is 28.3 Å². The fourth-order valence-corrected chi connectivity index (χ4v) is 4.02. The summed E-state index contributed by atoms with van der Waals surface area (Å²) in [6, 6.07) is 10.2. The van der Waals surface area contributed by atoms with Gasteiger partial charge in [-0.05, 0) is 49.4 Å². The highest BCUT2D eigenvalue weighted by Crippen LogP contribution is 2.34. The van der Waals surface area contributed by atoms with E-state index in [1.54, 1.807) is 49.6 Å². The van der Waals surface area contributed by atoms with Crippen molar-refractivity contribution in [1.29, 1.82) is 0 Å². The summed E-state index contributed by atoms with van der Waals surface area (Å²) in [5.41, 5.74) is 1.11. The molecule has 0 aliphatic carbocycles. The summed E-state index contributed by atoms with van der Waals surface area (Å²) in [7, 11) is 3.09. The van der Waals surface area contributed by atoms with Gasteiger partial charge >= 0.3 is 0 Å². The highest BCUT2D eigenvalue weighted by Gasteiger charge is 2.55. The van der Waals surface area contributed by atoms with Gasteiger partial charge in [0.1, 0.15) is 12.3 Å². The third-order valence-electron chi connectivity index (χ3n) is 5.67. The van der Waals surface area contributed by atoms with Gasteiger partial charge in [0.05, 0.1) is 26.5 Å². The van der Waals surface area contributed by atoms with Crippen LogP contribution in [0.2, 0.25) is 0 Å². The van der Waals surface area contributed by atoms with E-state index in [1.165, 1.54) is 12.1 Å². The largest absolute Gasteiger partial charge is 0.494 e. The van der Waals surface area contributed by atoms with Crippen molar-refractivity contribution >= 4 is 17.5 Å². The van der Waals surface area contributed by atoms with Crippen molar-refractivity contribution in [3.63, 3.8) is 0 Å². The summed E-state index contributed by atoms with van der Waals surface area (Å²) in [5.74, 6) is 1.44. The Balaban J connectivity index is 1.32. The molecule has 0 radical (unpaired) electrons. The van der Waals surface area contributed by atoms with Gasteiger partial charge in [0.2, 0.25) is 11.7 Å². The molecule has 180 valence electrons. The first kappa shape index (κ1) is 22.3. The fourth-order valence-electron chi connectivity index (χ4n) is 4.02. The van der Waals surface area contributed by atoms with E-state index < -0.39 is 23.9 Å². The molecule has 1 aromatic heterocycles. The minimum absolute atomic E-state index is 0.0150. The van der Waals surface area contributed by atoms with Crippen LogP contribution in [0.1, 0.15) is 12.8 Å². The maximum atomic E-state index is 13.2. The van der Waals surface area contributed by atoms with Crippen molar-refractivity contribution in [3.05, 3.63) is 48.4 Å². The molecule has 0 bridgehead atoms. The van der Waals surface area contributed by atoms with E-state index in [9.17, 15) is 9.59 Å². The van der Waals surface area contributed by atoms with Crippen molar-refractivity contribution in [2.45, 2.75) is 25.6 Å². The van der Waals surface area contributed by atoms with Crippen LogP contribution in [0.15, 0.2) is 57.3 Å². The molecule has 2 aliphatic heterocycles. The maximum Gasteiger partial charge on any atom is 0.263 e. The predicted molar refractivity (Wildman–Crippen MR) is 121 cm³/mol. The van der Waals surface area contributed by atoms with Crippen LogP contribution in [-0.4, -0.2) is 59.9 Å². The predicted octanol–water partition coefficient (Wildman–Crippen LogP) is 2.65. The standard InChI is InChI=1S/C23H22N6O6/c1-4-34-15-8-6-14(7-9-15)29-22(30)19-20(23(29)31)28(27-25-19)12-18-24-21(26-35-18)13-5-10-16(32-2)17(11-13)33-3/h5-11,19-20H,4,12H2,1-3H3/t19-,20+/m1/s1. The Morgan fingerprint density at radius 1 is 1.00 bits per heavy atom. The van der Waals surface area contributed by atoms with Crippen LogP contribution in [0.5, 0.6) is 17.2 Å². The summed E-state index contributed by atoms with van der Waals surface area (Å²) in [6.07, 6.45) is 0. The fraction of sp³-hybridized carbons (Fsp3) is 0.304. The topological polar surface area (TPSA) is 132 Å². The smallest absolute Gasteiger partial charge is 0.263 e. The van der Waals surface area contributed by atoms with Crippen LogP contribution in [-0.2, 0) is 16.1 Å². The molecule has 3 heterocycles. The van der Waals surface area contributed by atoms with Crippen molar-refractivity contribution in [2.75, 3.05) is 25.7 Å². The van der Waals surface area contributed by atoms with Gasteiger partial charge in [0.25, 0.3) is 11.8 Å². The first-order valence-corrected chi connectivity index (χ1v) is 10.9. The Morgan fingerprint density at radius 2 is 1.77 bits per heavy atom. The molecule has 2 atom stereocenters. The number of amides is 2. The molecule has 0 unspecified atom stereocenters. The first-order chi connectivity index (χ1) is 17.0. The van der Waals surface area contributed by atoms with Gasteiger partial charge in [0.15, 0.2) is 23.6 Å². The van der Waals surface area contributed by atoms with Crippen molar-refractivity contribution in [3.8, 4) is 28.6 Å². The lowest BCUT2D eigenvalue weighted by Gasteiger charge is -2.19. The van der Waals surface area contributed by atoms with Gasteiger partial charge in [-0.25, -0.2) is 4.90 Å². The monoisotopic (exact) mass is 478 g/mol. The number of ether oxygens (including phenoxy) is 3. The number of carbonyl (C=O) groups excluding carboxylic acids is 2. The number of fused-ring (bicyclic) bond motifs is 1. The second-order valence-corrected chi connectivity index (χ2v) is 7.71. The Hall–Kier alpha value is -4.48. The van der Waals surface area contributed by atoms with E-state index in [0.29, 0.717) is 40.9 Å². The van der Waals surface area contributed by atoms with E-state index in [-0.39, 0.29) is 12.4 Å². The molecule has 0 spiro atoms. The van der Waals surface area contributed by atoms with Gasteiger partial charge in [-0.2, -0.15) is 10.1 Å². The quantitative estimate of drug-likeness (QED) is 0.448. The second kappa shape index (κ2) is 9.05. The third-order valence-corrected chi connectivity index (χ3v) is 5.67. The van der Waals surface area contributed by atoms with Crippen LogP contribution in [0.25, 0.3) is 11.4 Å². The molecule has 35 heavy (non-hydrogen) atoms. The van der Waals surface area contributed by atoms with Crippen LogP contribution in [0.3, 0.4) is 0 Å². The lowest BCUT2D eigenvalue weighted by atomic mass is 10.1. The number of hydrogen-bond acceptors (Lipinski definition) is 11. The van der Waals surface area contributed by atoms with E-state index in [0.717, 1.165) is 4.90 Å². The van der Waals surface area contributed by atoms with Crippen LogP contribution >= 0.6 is 0 Å². The van der Waals surface area contributed by atoms with Gasteiger partial charge in [0, 0.05) is 5.56 Å². The Labute approximate surface area is 200 Å². The number of aromatic nitrogens is 2. The number of hydrogen-bond donors (Lipinski definition) is 0. The molecule has 2 amide bonds. The van der Waals surface area contributed by atoms with Crippen LogP contribution < -0.4 is 19.1 Å². The lowest BCUT2D eigenvalue weighted by molar-refractivity contribution is -0.123. The summed E-state index contributed by atoms with van der Waals surface area (Å²) in [5, 5.41) is 13.5. The van der Waals surface area contributed by atoms with E-state index in [2.05, 4.69) is 20.5 Å². The third kappa shape index (κ3) is 3.92. The second-order valence-electron chi connectivity index (χ2n) is 7.71. The van der Waals surface area contributed by atoms with Crippen molar-refractivity contribution in [1.82, 2.24) is 15.1 Å². The molecule has 1 fully saturated rings.